The van der Waals surface area contributed by atoms with Gasteiger partial charge in [0.2, 0.25) is 0 Å². The lowest BCUT2D eigenvalue weighted by atomic mass is 10.1. The van der Waals surface area contributed by atoms with Gasteiger partial charge in [0, 0.05) is 23.5 Å². The van der Waals surface area contributed by atoms with Crippen molar-refractivity contribution in [3.63, 3.8) is 0 Å². The molecule has 1 aromatic heterocycles. The van der Waals surface area contributed by atoms with E-state index in [0.717, 1.165) is 16.7 Å². The molecule has 2 aromatic rings. The average molecular weight is 256 g/mol. The van der Waals surface area contributed by atoms with E-state index in [1.807, 2.05) is 26.0 Å². The molecule has 0 atom stereocenters. The highest BCUT2D eigenvalue weighted by Gasteiger charge is 2.25. The summed E-state index contributed by atoms with van der Waals surface area (Å²) in [6.45, 7) is 4.61. The molecular formula is C16H20N2O. The molecule has 3 nitrogen and oxygen atoms in total. The second-order valence-electron chi connectivity index (χ2n) is 5.53. The summed E-state index contributed by atoms with van der Waals surface area (Å²) >= 11 is 0. The van der Waals surface area contributed by atoms with Crippen LogP contribution in [0.3, 0.4) is 0 Å². The second-order valence-corrected chi connectivity index (χ2v) is 5.53. The minimum absolute atomic E-state index is 0.178. The van der Waals surface area contributed by atoms with E-state index < -0.39 is 0 Å². The number of fused-ring (bicyclic) bond motifs is 1. The molecule has 0 radical (unpaired) electrons. The molecule has 0 saturated heterocycles. The van der Waals surface area contributed by atoms with Crippen LogP contribution in [0.25, 0.3) is 10.9 Å². The first-order valence-corrected chi connectivity index (χ1v) is 6.97. The molecule has 2 N–H and O–H groups in total. The quantitative estimate of drug-likeness (QED) is 0.912. The van der Waals surface area contributed by atoms with Crippen LogP contribution in [0.4, 0.5) is 0 Å². The number of nitrogens with zero attached hydrogens (tertiary/aromatic N) is 1. The van der Waals surface area contributed by atoms with Crippen molar-refractivity contribution < 1.29 is 4.74 Å². The fourth-order valence-electron chi connectivity index (χ4n) is 2.40. The van der Waals surface area contributed by atoms with Gasteiger partial charge in [0.05, 0.1) is 11.6 Å². The van der Waals surface area contributed by atoms with Gasteiger partial charge in [-0.05, 0) is 56.5 Å². The van der Waals surface area contributed by atoms with Gasteiger partial charge in [-0.3, -0.25) is 4.98 Å². The van der Waals surface area contributed by atoms with E-state index in [4.69, 9.17) is 15.5 Å². The van der Waals surface area contributed by atoms with Crippen LogP contribution < -0.4 is 10.5 Å². The van der Waals surface area contributed by atoms with Gasteiger partial charge in [-0.2, -0.15) is 0 Å². The fourth-order valence-corrected chi connectivity index (χ4v) is 2.40. The Morgan fingerprint density at radius 1 is 1.32 bits per heavy atom. The minimum Gasteiger partial charge on any atom is -0.491 e. The first kappa shape index (κ1) is 12.4. The van der Waals surface area contributed by atoms with E-state index in [-0.39, 0.29) is 6.10 Å². The van der Waals surface area contributed by atoms with Crippen LogP contribution >= 0.6 is 0 Å². The van der Waals surface area contributed by atoms with E-state index in [0.29, 0.717) is 12.5 Å². The maximum Gasteiger partial charge on any atom is 0.120 e. The van der Waals surface area contributed by atoms with Crippen molar-refractivity contribution in [3.05, 3.63) is 35.5 Å². The highest BCUT2D eigenvalue weighted by atomic mass is 16.5. The summed E-state index contributed by atoms with van der Waals surface area (Å²) in [5.74, 6) is 1.54. The summed E-state index contributed by atoms with van der Waals surface area (Å²) in [7, 11) is 0. The van der Waals surface area contributed by atoms with Crippen LogP contribution in [0.1, 0.15) is 43.9 Å². The lowest BCUT2D eigenvalue weighted by Gasteiger charge is -2.12. The van der Waals surface area contributed by atoms with E-state index in [1.165, 1.54) is 24.1 Å². The van der Waals surface area contributed by atoms with Crippen molar-refractivity contribution in [1.29, 1.82) is 0 Å². The number of rotatable bonds is 4. The van der Waals surface area contributed by atoms with Crippen molar-refractivity contribution in [2.75, 3.05) is 0 Å². The first-order chi connectivity index (χ1) is 9.17. The molecular weight excluding hydrogens is 236 g/mol. The third-order valence-corrected chi connectivity index (χ3v) is 3.47. The number of ether oxygens (including phenoxy) is 1. The predicted octanol–water partition coefficient (Wildman–Crippen LogP) is 3.36. The van der Waals surface area contributed by atoms with Crippen molar-refractivity contribution in [1.82, 2.24) is 4.98 Å². The summed E-state index contributed by atoms with van der Waals surface area (Å²) in [4.78, 5) is 4.75. The SMILES string of the molecule is CC(C)Oc1ccc2nc(C3CC3)cc(CN)c2c1. The molecule has 0 bridgehead atoms. The Morgan fingerprint density at radius 2 is 2.11 bits per heavy atom. The Bertz CT molecular complexity index is 603. The van der Waals surface area contributed by atoms with Gasteiger partial charge in [0.15, 0.2) is 0 Å². The zero-order valence-electron chi connectivity index (χ0n) is 11.5. The zero-order chi connectivity index (χ0) is 13.4. The number of pyridine rings is 1. The number of hydrogen-bond acceptors (Lipinski definition) is 3. The number of hydrogen-bond donors (Lipinski definition) is 1. The van der Waals surface area contributed by atoms with Crippen LogP contribution in [-0.4, -0.2) is 11.1 Å². The second kappa shape index (κ2) is 4.82. The Balaban J connectivity index is 2.08. The molecule has 0 unspecified atom stereocenters. The Morgan fingerprint density at radius 3 is 2.74 bits per heavy atom. The monoisotopic (exact) mass is 256 g/mol. The van der Waals surface area contributed by atoms with Crippen molar-refractivity contribution >= 4 is 10.9 Å². The third-order valence-electron chi connectivity index (χ3n) is 3.47. The molecule has 3 rings (SSSR count). The Labute approximate surface area is 113 Å². The molecule has 19 heavy (non-hydrogen) atoms. The molecule has 1 fully saturated rings. The van der Waals surface area contributed by atoms with E-state index in [9.17, 15) is 0 Å². The zero-order valence-corrected chi connectivity index (χ0v) is 11.5. The molecule has 100 valence electrons. The molecule has 0 spiro atoms. The number of benzene rings is 1. The maximum atomic E-state index is 5.89. The highest BCUT2D eigenvalue weighted by molar-refractivity contribution is 5.84. The summed E-state index contributed by atoms with van der Waals surface area (Å²) in [6.07, 6.45) is 2.70. The summed E-state index contributed by atoms with van der Waals surface area (Å²) in [6, 6.07) is 8.25. The van der Waals surface area contributed by atoms with Gasteiger partial charge in [0.1, 0.15) is 5.75 Å². The first-order valence-electron chi connectivity index (χ1n) is 6.97. The molecule has 1 aliphatic rings. The predicted molar refractivity (Wildman–Crippen MR) is 77.4 cm³/mol. The molecule has 1 aliphatic carbocycles. The molecule has 1 aromatic carbocycles. The minimum atomic E-state index is 0.178. The van der Waals surface area contributed by atoms with Gasteiger partial charge >= 0.3 is 0 Å². The molecule has 0 amide bonds. The highest BCUT2D eigenvalue weighted by Crippen LogP contribution is 2.40. The van der Waals surface area contributed by atoms with Crippen LogP contribution in [0.2, 0.25) is 0 Å². The summed E-state index contributed by atoms with van der Waals surface area (Å²) < 4.78 is 5.74. The lowest BCUT2D eigenvalue weighted by molar-refractivity contribution is 0.243. The molecule has 0 aliphatic heterocycles. The fraction of sp³-hybridized carbons (Fsp3) is 0.438. The number of aromatic nitrogens is 1. The third kappa shape index (κ3) is 2.56. The van der Waals surface area contributed by atoms with E-state index in [2.05, 4.69) is 12.1 Å². The van der Waals surface area contributed by atoms with E-state index >= 15 is 0 Å². The summed E-state index contributed by atoms with van der Waals surface area (Å²) in [5, 5.41) is 1.12. The van der Waals surface area contributed by atoms with Crippen LogP contribution in [0, 0.1) is 0 Å². The van der Waals surface area contributed by atoms with Gasteiger partial charge in [-0.1, -0.05) is 0 Å². The lowest BCUT2D eigenvalue weighted by Crippen LogP contribution is -2.06. The van der Waals surface area contributed by atoms with Gasteiger partial charge in [-0.15, -0.1) is 0 Å². The van der Waals surface area contributed by atoms with Gasteiger partial charge < -0.3 is 10.5 Å². The van der Waals surface area contributed by atoms with Crippen molar-refractivity contribution in [2.24, 2.45) is 5.73 Å². The van der Waals surface area contributed by atoms with Gasteiger partial charge in [-0.25, -0.2) is 0 Å². The largest absolute Gasteiger partial charge is 0.491 e. The van der Waals surface area contributed by atoms with Crippen LogP contribution in [0.15, 0.2) is 24.3 Å². The maximum absolute atomic E-state index is 5.89. The van der Waals surface area contributed by atoms with Crippen LogP contribution in [-0.2, 0) is 6.54 Å². The van der Waals surface area contributed by atoms with Crippen molar-refractivity contribution in [3.8, 4) is 5.75 Å². The standard InChI is InChI=1S/C16H20N2O/c1-10(2)19-13-5-6-15-14(8-13)12(9-17)7-16(18-15)11-3-4-11/h5-8,10-11H,3-4,9,17H2,1-2H3. The van der Waals surface area contributed by atoms with Crippen LogP contribution in [0.5, 0.6) is 5.75 Å². The van der Waals surface area contributed by atoms with Crippen molar-refractivity contribution in [2.45, 2.75) is 45.3 Å². The number of nitrogens with two attached hydrogens (primary N) is 1. The van der Waals surface area contributed by atoms with Gasteiger partial charge in [0.25, 0.3) is 0 Å². The molecule has 1 saturated carbocycles. The average Bonchev–Trinajstić information content (AvgIpc) is 3.21. The smallest absolute Gasteiger partial charge is 0.120 e. The van der Waals surface area contributed by atoms with E-state index in [1.54, 1.807) is 0 Å². The normalized spacial score (nSPS) is 15.2. The Kier molecular flexibility index (Phi) is 3.15. The summed E-state index contributed by atoms with van der Waals surface area (Å²) in [5.41, 5.74) is 9.28. The Hall–Kier alpha value is -1.61. The molecule has 1 heterocycles. The molecule has 3 heteroatoms. The topological polar surface area (TPSA) is 48.1 Å².